The van der Waals surface area contributed by atoms with Crippen LogP contribution in [0.15, 0.2) is 131 Å². The van der Waals surface area contributed by atoms with Crippen LogP contribution in [-0.2, 0) is 10.8 Å². The van der Waals surface area contributed by atoms with Gasteiger partial charge in [-0.15, -0.1) is 0 Å². The van der Waals surface area contributed by atoms with Crippen molar-refractivity contribution in [2.45, 2.75) is 57.8 Å². The molecular weight excluding hydrogens is 556 g/mol. The molecule has 44 heavy (non-hydrogen) atoms. The van der Waals surface area contributed by atoms with Gasteiger partial charge in [0.05, 0.1) is 0 Å². The van der Waals surface area contributed by atoms with E-state index in [0.29, 0.717) is 0 Å². The third-order valence-electron chi connectivity index (χ3n) is 9.91. The maximum absolute atomic E-state index is 7.13. The van der Waals surface area contributed by atoms with Gasteiger partial charge in [0.1, 0.15) is 0 Å². The maximum Gasteiger partial charge on any atom is 0.0469 e. The zero-order chi connectivity index (χ0) is 31.2. The van der Waals surface area contributed by atoms with Gasteiger partial charge < -0.3 is 10.2 Å². The van der Waals surface area contributed by atoms with Crippen molar-refractivity contribution in [2.24, 2.45) is 0 Å². The van der Waals surface area contributed by atoms with Gasteiger partial charge in [0.25, 0.3) is 0 Å². The zero-order valence-electron chi connectivity index (χ0n) is 26.9. The monoisotopic (exact) mass is 598 g/mol. The van der Waals surface area contributed by atoms with Crippen molar-refractivity contribution in [3.63, 3.8) is 0 Å². The summed E-state index contributed by atoms with van der Waals surface area (Å²) < 4.78 is 0. The minimum absolute atomic E-state index is 0.118. The number of fused-ring (bicyclic) bond motifs is 4. The summed E-state index contributed by atoms with van der Waals surface area (Å²) in [6.45, 7) is 13.8. The normalized spacial score (nSPS) is 18.7. The molecule has 4 aromatic rings. The molecule has 224 valence electrons. The first kappa shape index (κ1) is 30.0. The molecule has 6 rings (SSSR count). The predicted molar refractivity (Wildman–Crippen MR) is 193 cm³/mol. The predicted octanol–water partition coefficient (Wildman–Crippen LogP) is 11.3. The van der Waals surface area contributed by atoms with Gasteiger partial charge in [-0.25, -0.2) is 0 Å². The molecule has 0 amide bonds. The van der Waals surface area contributed by atoms with Gasteiger partial charge >= 0.3 is 0 Å². The SMILES string of the molecule is C=C(/C=C/C1=C(Cl)C(=C/C=C2\N(C)c3ccc4ccccc4c3C2(C)C)/CCC1)C(C)(C)c1c(NC)ccc2ccccc12. The van der Waals surface area contributed by atoms with Crippen LogP contribution in [0.25, 0.3) is 21.5 Å². The average Bonchev–Trinajstić information content (AvgIpc) is 3.22. The molecule has 0 atom stereocenters. The van der Waals surface area contributed by atoms with Gasteiger partial charge in [-0.3, -0.25) is 0 Å². The Hall–Kier alpha value is -4.01. The van der Waals surface area contributed by atoms with Gasteiger partial charge in [-0.1, -0.05) is 125 Å². The van der Waals surface area contributed by atoms with Gasteiger partial charge in [0, 0.05) is 47.0 Å². The van der Waals surface area contributed by atoms with Crippen molar-refractivity contribution in [3.8, 4) is 0 Å². The molecule has 0 unspecified atom stereocenters. The molecule has 0 saturated heterocycles. The van der Waals surface area contributed by atoms with Crippen molar-refractivity contribution < 1.29 is 0 Å². The van der Waals surface area contributed by atoms with E-state index in [9.17, 15) is 0 Å². The Bertz CT molecular complexity index is 1910. The number of likely N-dealkylation sites (N-methyl/N-ethyl adjacent to an activating group) is 1. The Kier molecular flexibility index (Phi) is 7.84. The Morgan fingerprint density at radius 3 is 2.30 bits per heavy atom. The number of halogens is 1. The molecule has 1 aliphatic heterocycles. The van der Waals surface area contributed by atoms with E-state index in [1.807, 2.05) is 7.05 Å². The third kappa shape index (κ3) is 5.00. The van der Waals surface area contributed by atoms with Gasteiger partial charge in [-0.05, 0) is 86.9 Å². The largest absolute Gasteiger partial charge is 0.388 e. The summed E-state index contributed by atoms with van der Waals surface area (Å²) in [6, 6.07) is 26.1. The molecule has 3 heteroatoms. The molecule has 0 aromatic heterocycles. The van der Waals surface area contributed by atoms with Crippen molar-refractivity contribution >= 4 is 44.5 Å². The van der Waals surface area contributed by atoms with E-state index in [-0.39, 0.29) is 10.8 Å². The molecule has 1 aliphatic carbocycles. The molecule has 0 bridgehead atoms. The minimum Gasteiger partial charge on any atom is -0.388 e. The third-order valence-corrected chi connectivity index (χ3v) is 10.4. The van der Waals surface area contributed by atoms with Crippen molar-refractivity contribution in [1.82, 2.24) is 0 Å². The van der Waals surface area contributed by atoms with Crippen LogP contribution >= 0.6 is 11.6 Å². The number of allylic oxidation sites excluding steroid dienone is 9. The molecule has 1 N–H and O–H groups in total. The second-order valence-corrected chi connectivity index (χ2v) is 13.6. The molecule has 0 spiro atoms. The molecule has 0 fully saturated rings. The van der Waals surface area contributed by atoms with Crippen LogP contribution < -0.4 is 10.2 Å². The molecule has 0 saturated carbocycles. The van der Waals surface area contributed by atoms with Crippen LogP contribution in [0.4, 0.5) is 11.4 Å². The summed E-state index contributed by atoms with van der Waals surface area (Å²) in [5.74, 6) is 0. The van der Waals surface area contributed by atoms with E-state index in [4.69, 9.17) is 11.6 Å². The van der Waals surface area contributed by atoms with Crippen molar-refractivity contribution in [3.05, 3.63) is 142 Å². The van der Waals surface area contributed by atoms with Gasteiger partial charge in [0.15, 0.2) is 0 Å². The highest BCUT2D eigenvalue weighted by atomic mass is 35.5. The first-order chi connectivity index (χ1) is 21.1. The van der Waals surface area contributed by atoms with Gasteiger partial charge in [0.2, 0.25) is 0 Å². The fourth-order valence-corrected chi connectivity index (χ4v) is 7.62. The summed E-state index contributed by atoms with van der Waals surface area (Å²) in [4.78, 5) is 2.35. The summed E-state index contributed by atoms with van der Waals surface area (Å²) in [7, 11) is 4.17. The first-order valence-electron chi connectivity index (χ1n) is 15.7. The van der Waals surface area contributed by atoms with E-state index in [2.05, 4.69) is 149 Å². The zero-order valence-corrected chi connectivity index (χ0v) is 27.6. The van der Waals surface area contributed by atoms with Crippen LogP contribution in [0.2, 0.25) is 0 Å². The molecule has 0 radical (unpaired) electrons. The lowest BCUT2D eigenvalue weighted by Gasteiger charge is -2.30. The molecule has 2 aliphatic rings. The minimum atomic E-state index is -0.279. The van der Waals surface area contributed by atoms with Crippen LogP contribution in [0.5, 0.6) is 0 Å². The first-order valence-corrected chi connectivity index (χ1v) is 16.1. The van der Waals surface area contributed by atoms with E-state index in [1.165, 1.54) is 55.2 Å². The smallest absolute Gasteiger partial charge is 0.0469 e. The molecule has 2 nitrogen and oxygen atoms in total. The Balaban J connectivity index is 1.31. The Labute approximate surface area is 268 Å². The summed E-state index contributed by atoms with van der Waals surface area (Å²) in [5, 5.41) is 9.39. The number of hydrogen-bond acceptors (Lipinski definition) is 2. The Morgan fingerprint density at radius 1 is 0.909 bits per heavy atom. The lowest BCUT2D eigenvalue weighted by atomic mass is 9.75. The van der Waals surface area contributed by atoms with Crippen molar-refractivity contribution in [2.75, 3.05) is 24.3 Å². The highest BCUT2D eigenvalue weighted by Gasteiger charge is 2.39. The maximum atomic E-state index is 7.13. The quantitative estimate of drug-likeness (QED) is 0.222. The van der Waals surface area contributed by atoms with Crippen LogP contribution in [0.3, 0.4) is 0 Å². The molecule has 4 aromatic carbocycles. The number of nitrogens with zero attached hydrogens (tertiary/aromatic N) is 1. The highest BCUT2D eigenvalue weighted by Crippen LogP contribution is 2.50. The summed E-state index contributed by atoms with van der Waals surface area (Å²) in [6.07, 6.45) is 12.0. The lowest BCUT2D eigenvalue weighted by molar-refractivity contribution is 0.645. The van der Waals surface area contributed by atoms with E-state index >= 15 is 0 Å². The van der Waals surface area contributed by atoms with Crippen LogP contribution in [0, 0.1) is 0 Å². The van der Waals surface area contributed by atoms with E-state index < -0.39 is 0 Å². The number of rotatable bonds is 6. The van der Waals surface area contributed by atoms with E-state index in [1.54, 1.807) is 0 Å². The number of hydrogen-bond donors (Lipinski definition) is 1. The van der Waals surface area contributed by atoms with Crippen molar-refractivity contribution in [1.29, 1.82) is 0 Å². The van der Waals surface area contributed by atoms with E-state index in [0.717, 1.165) is 35.6 Å². The number of anilines is 2. The molecular formula is C41H43ClN2. The van der Waals surface area contributed by atoms with Crippen LogP contribution in [0.1, 0.15) is 58.1 Å². The second-order valence-electron chi connectivity index (χ2n) is 13.2. The fourth-order valence-electron chi connectivity index (χ4n) is 7.30. The topological polar surface area (TPSA) is 15.3 Å². The summed E-state index contributed by atoms with van der Waals surface area (Å²) in [5.41, 5.74) is 9.39. The molecule has 1 heterocycles. The second kappa shape index (κ2) is 11.5. The van der Waals surface area contributed by atoms with Crippen LogP contribution in [-0.4, -0.2) is 14.1 Å². The Morgan fingerprint density at radius 2 is 1.57 bits per heavy atom. The average molecular weight is 599 g/mol. The fraction of sp³-hybridized carbons (Fsp3) is 0.268. The lowest BCUT2D eigenvalue weighted by Crippen LogP contribution is -2.22. The highest BCUT2D eigenvalue weighted by molar-refractivity contribution is 6.32. The standard InChI is InChI=1S/C41H43ClN2/c1-27(40(2,3)37-32-17-10-8-13-28(32)21-24-34(37)43-6)19-20-30-15-12-16-31(39(30)42)23-26-36-41(4,5)38-33-18-11-9-14-29(33)22-25-35(38)44(36)7/h8-11,13-14,17-26,43H,1,12,15-16H2,2-7H3/b20-19+,31-23+,36-26-. The number of benzene rings is 4. The van der Waals surface area contributed by atoms with Gasteiger partial charge in [-0.2, -0.15) is 0 Å². The summed E-state index contributed by atoms with van der Waals surface area (Å²) >= 11 is 7.13. The number of nitrogens with one attached hydrogen (secondary N) is 1.